The highest BCUT2D eigenvalue weighted by Crippen LogP contribution is 2.13. The Labute approximate surface area is 165 Å². The Morgan fingerprint density at radius 2 is 1.71 bits per heavy atom. The second kappa shape index (κ2) is 10.9. The Morgan fingerprint density at radius 1 is 0.964 bits per heavy atom. The fraction of sp³-hybridized carbons (Fsp3) is 0.318. The SMILES string of the molecule is CC(=O)Oc1cccc(C(=O)NCCCNC(=O)CCc2ccccc2C)c1. The largest absolute Gasteiger partial charge is 0.427 e. The smallest absolute Gasteiger partial charge is 0.308 e. The number of aryl methyl sites for hydroxylation is 2. The molecular weight excluding hydrogens is 356 g/mol. The van der Waals surface area contributed by atoms with Gasteiger partial charge in [-0.25, -0.2) is 0 Å². The van der Waals surface area contributed by atoms with E-state index >= 15 is 0 Å². The monoisotopic (exact) mass is 382 g/mol. The summed E-state index contributed by atoms with van der Waals surface area (Å²) in [5.41, 5.74) is 2.79. The van der Waals surface area contributed by atoms with Gasteiger partial charge in [-0.3, -0.25) is 14.4 Å². The van der Waals surface area contributed by atoms with Gasteiger partial charge in [-0.15, -0.1) is 0 Å². The Morgan fingerprint density at radius 3 is 2.46 bits per heavy atom. The fourth-order valence-corrected chi connectivity index (χ4v) is 2.71. The molecule has 6 nitrogen and oxygen atoms in total. The van der Waals surface area contributed by atoms with Crippen molar-refractivity contribution in [1.29, 1.82) is 0 Å². The average molecular weight is 382 g/mol. The molecule has 0 aliphatic carbocycles. The van der Waals surface area contributed by atoms with Crippen molar-refractivity contribution >= 4 is 17.8 Å². The third kappa shape index (κ3) is 7.23. The molecule has 2 N–H and O–H groups in total. The van der Waals surface area contributed by atoms with Crippen LogP contribution in [-0.4, -0.2) is 30.9 Å². The van der Waals surface area contributed by atoms with E-state index in [0.29, 0.717) is 43.7 Å². The van der Waals surface area contributed by atoms with E-state index in [1.165, 1.54) is 24.1 Å². The van der Waals surface area contributed by atoms with Crippen molar-refractivity contribution in [1.82, 2.24) is 10.6 Å². The average Bonchev–Trinajstić information content (AvgIpc) is 2.66. The summed E-state index contributed by atoms with van der Waals surface area (Å²) in [7, 11) is 0. The zero-order chi connectivity index (χ0) is 20.4. The minimum Gasteiger partial charge on any atom is -0.427 e. The first kappa shape index (κ1) is 21.2. The summed E-state index contributed by atoms with van der Waals surface area (Å²) in [5.74, 6) is -0.347. The molecule has 0 saturated heterocycles. The number of hydrogen-bond donors (Lipinski definition) is 2. The third-order valence-electron chi connectivity index (χ3n) is 4.20. The molecule has 0 radical (unpaired) electrons. The van der Waals surface area contributed by atoms with Crippen LogP contribution in [0.25, 0.3) is 0 Å². The van der Waals surface area contributed by atoms with Crippen LogP contribution in [0.2, 0.25) is 0 Å². The van der Waals surface area contributed by atoms with Gasteiger partial charge in [0.25, 0.3) is 5.91 Å². The van der Waals surface area contributed by atoms with Crippen LogP contribution in [0.1, 0.15) is 41.3 Å². The number of hydrogen-bond acceptors (Lipinski definition) is 4. The van der Waals surface area contributed by atoms with Crippen LogP contribution in [0.4, 0.5) is 0 Å². The van der Waals surface area contributed by atoms with Crippen molar-refractivity contribution in [3.63, 3.8) is 0 Å². The van der Waals surface area contributed by atoms with Crippen LogP contribution in [0.3, 0.4) is 0 Å². The van der Waals surface area contributed by atoms with E-state index in [9.17, 15) is 14.4 Å². The van der Waals surface area contributed by atoms with E-state index in [-0.39, 0.29) is 11.8 Å². The predicted octanol–water partition coefficient (Wildman–Crippen LogP) is 2.79. The lowest BCUT2D eigenvalue weighted by Crippen LogP contribution is -2.30. The molecule has 148 valence electrons. The molecule has 0 aliphatic heterocycles. The maximum Gasteiger partial charge on any atom is 0.308 e. The molecule has 0 heterocycles. The van der Waals surface area contributed by atoms with Gasteiger partial charge in [0.2, 0.25) is 5.91 Å². The molecule has 0 atom stereocenters. The van der Waals surface area contributed by atoms with Crippen LogP contribution >= 0.6 is 0 Å². The van der Waals surface area contributed by atoms with Crippen LogP contribution < -0.4 is 15.4 Å². The third-order valence-corrected chi connectivity index (χ3v) is 4.20. The van der Waals surface area contributed by atoms with E-state index in [2.05, 4.69) is 10.6 Å². The zero-order valence-electron chi connectivity index (χ0n) is 16.3. The van der Waals surface area contributed by atoms with Crippen molar-refractivity contribution in [2.45, 2.75) is 33.1 Å². The van der Waals surface area contributed by atoms with Gasteiger partial charge >= 0.3 is 5.97 Å². The molecule has 0 aliphatic rings. The fourth-order valence-electron chi connectivity index (χ4n) is 2.71. The molecule has 0 spiro atoms. The lowest BCUT2D eigenvalue weighted by molar-refractivity contribution is -0.131. The Kier molecular flexibility index (Phi) is 8.21. The van der Waals surface area contributed by atoms with Gasteiger partial charge in [-0.1, -0.05) is 30.3 Å². The van der Waals surface area contributed by atoms with Gasteiger partial charge < -0.3 is 15.4 Å². The summed E-state index contributed by atoms with van der Waals surface area (Å²) in [6, 6.07) is 14.5. The first-order chi connectivity index (χ1) is 13.5. The van der Waals surface area contributed by atoms with Crippen LogP contribution in [-0.2, 0) is 16.0 Å². The lowest BCUT2D eigenvalue weighted by atomic mass is 10.0. The van der Waals surface area contributed by atoms with E-state index in [1.807, 2.05) is 31.2 Å². The Bertz CT molecular complexity index is 833. The van der Waals surface area contributed by atoms with Crippen molar-refractivity contribution < 1.29 is 19.1 Å². The number of amides is 2. The minimum absolute atomic E-state index is 0.00339. The molecule has 0 unspecified atom stereocenters. The number of rotatable bonds is 9. The van der Waals surface area contributed by atoms with Gasteiger partial charge in [-0.05, 0) is 49.1 Å². The second-order valence-electron chi connectivity index (χ2n) is 6.51. The van der Waals surface area contributed by atoms with Crippen molar-refractivity contribution in [3.05, 3.63) is 65.2 Å². The number of carbonyl (C=O) groups excluding carboxylic acids is 3. The second-order valence-corrected chi connectivity index (χ2v) is 6.51. The standard InChI is InChI=1S/C22H26N2O4/c1-16-7-3-4-8-18(16)11-12-21(26)23-13-6-14-24-22(27)19-9-5-10-20(15-19)28-17(2)25/h3-5,7-10,15H,6,11-14H2,1-2H3,(H,23,26)(H,24,27). The van der Waals surface area contributed by atoms with Crippen LogP contribution in [0.5, 0.6) is 5.75 Å². The lowest BCUT2D eigenvalue weighted by Gasteiger charge is -2.09. The van der Waals surface area contributed by atoms with Crippen molar-refractivity contribution in [2.24, 2.45) is 0 Å². The first-order valence-corrected chi connectivity index (χ1v) is 9.33. The number of benzene rings is 2. The Hall–Kier alpha value is -3.15. The predicted molar refractivity (Wildman–Crippen MR) is 107 cm³/mol. The maximum absolute atomic E-state index is 12.1. The molecular formula is C22H26N2O4. The minimum atomic E-state index is -0.435. The van der Waals surface area contributed by atoms with E-state index < -0.39 is 5.97 Å². The molecule has 2 amide bonds. The normalized spacial score (nSPS) is 10.2. The highest BCUT2D eigenvalue weighted by atomic mass is 16.5. The summed E-state index contributed by atoms with van der Waals surface area (Å²) in [5, 5.41) is 5.66. The van der Waals surface area contributed by atoms with E-state index in [1.54, 1.807) is 18.2 Å². The van der Waals surface area contributed by atoms with Gasteiger partial charge in [0.15, 0.2) is 0 Å². The number of carbonyl (C=O) groups is 3. The molecule has 6 heteroatoms. The number of ether oxygens (including phenoxy) is 1. The van der Waals surface area contributed by atoms with Crippen LogP contribution in [0, 0.1) is 6.92 Å². The zero-order valence-corrected chi connectivity index (χ0v) is 16.3. The summed E-state index contributed by atoms with van der Waals surface area (Å²) >= 11 is 0. The Balaban J connectivity index is 1.64. The van der Waals surface area contributed by atoms with E-state index in [4.69, 9.17) is 4.74 Å². The van der Waals surface area contributed by atoms with Crippen LogP contribution in [0.15, 0.2) is 48.5 Å². The van der Waals surface area contributed by atoms with Gasteiger partial charge in [0.1, 0.15) is 5.75 Å². The highest BCUT2D eigenvalue weighted by molar-refractivity contribution is 5.94. The summed E-state index contributed by atoms with van der Waals surface area (Å²) < 4.78 is 4.97. The first-order valence-electron chi connectivity index (χ1n) is 9.33. The van der Waals surface area contributed by atoms with Crippen molar-refractivity contribution in [2.75, 3.05) is 13.1 Å². The number of nitrogens with one attached hydrogen (secondary N) is 2. The molecule has 2 aromatic carbocycles. The van der Waals surface area contributed by atoms with E-state index in [0.717, 1.165) is 0 Å². The molecule has 0 fully saturated rings. The van der Waals surface area contributed by atoms with Gasteiger partial charge in [0.05, 0.1) is 0 Å². The molecule has 28 heavy (non-hydrogen) atoms. The summed E-state index contributed by atoms with van der Waals surface area (Å²) in [4.78, 5) is 35.0. The molecule has 0 saturated carbocycles. The summed E-state index contributed by atoms with van der Waals surface area (Å²) in [6.07, 6.45) is 1.79. The number of esters is 1. The highest BCUT2D eigenvalue weighted by Gasteiger charge is 2.08. The quantitative estimate of drug-likeness (QED) is 0.397. The summed E-state index contributed by atoms with van der Waals surface area (Å²) in [6.45, 7) is 4.29. The maximum atomic E-state index is 12.1. The van der Waals surface area contributed by atoms with Gasteiger partial charge in [0, 0.05) is 32.0 Å². The van der Waals surface area contributed by atoms with Crippen molar-refractivity contribution in [3.8, 4) is 5.75 Å². The van der Waals surface area contributed by atoms with Gasteiger partial charge in [-0.2, -0.15) is 0 Å². The molecule has 2 rings (SSSR count). The topological polar surface area (TPSA) is 84.5 Å². The molecule has 2 aromatic rings. The molecule has 0 aromatic heterocycles. The molecule has 0 bridgehead atoms.